The number of likely N-dealkylation sites (tertiary alicyclic amines) is 1. The Balaban J connectivity index is 1.45. The lowest BCUT2D eigenvalue weighted by molar-refractivity contribution is -0.125. The second kappa shape index (κ2) is 9.79. The fourth-order valence-corrected chi connectivity index (χ4v) is 5.66. The predicted molar refractivity (Wildman–Crippen MR) is 141 cm³/mol. The molecule has 1 saturated heterocycles. The molecule has 1 saturated carbocycles. The molecule has 198 valence electrons. The van der Waals surface area contributed by atoms with Crippen LogP contribution >= 0.6 is 0 Å². The van der Waals surface area contributed by atoms with E-state index in [4.69, 9.17) is 9.72 Å². The summed E-state index contributed by atoms with van der Waals surface area (Å²) in [4.78, 5) is 40.9. The highest BCUT2D eigenvalue weighted by molar-refractivity contribution is 6.01. The van der Waals surface area contributed by atoms with E-state index in [1.807, 2.05) is 13.8 Å². The summed E-state index contributed by atoms with van der Waals surface area (Å²) in [5, 5.41) is 3.23. The summed E-state index contributed by atoms with van der Waals surface area (Å²) in [6.07, 6.45) is 5.57. The molecule has 0 bridgehead atoms. The summed E-state index contributed by atoms with van der Waals surface area (Å²) in [6.45, 7) is 5.08. The quantitative estimate of drug-likeness (QED) is 0.646. The van der Waals surface area contributed by atoms with Crippen LogP contribution in [0.1, 0.15) is 56.3 Å². The number of alkyl halides is 1. The zero-order chi connectivity index (χ0) is 26.3. The molecule has 1 aromatic heterocycles. The summed E-state index contributed by atoms with van der Waals surface area (Å²) < 4.78 is 19.2. The first-order valence-electron chi connectivity index (χ1n) is 13.0. The summed E-state index contributed by atoms with van der Waals surface area (Å²) in [5.41, 5.74) is 1.18. The van der Waals surface area contributed by atoms with Gasteiger partial charge in [0.1, 0.15) is 17.6 Å². The van der Waals surface area contributed by atoms with Crippen molar-refractivity contribution < 1.29 is 18.7 Å². The highest BCUT2D eigenvalue weighted by Gasteiger charge is 2.41. The van der Waals surface area contributed by atoms with Gasteiger partial charge in [0.05, 0.1) is 31.0 Å². The van der Waals surface area contributed by atoms with E-state index in [1.54, 1.807) is 36.3 Å². The Bertz CT molecular complexity index is 1200. The van der Waals surface area contributed by atoms with Crippen LogP contribution in [0.4, 0.5) is 27.5 Å². The van der Waals surface area contributed by atoms with E-state index in [-0.39, 0.29) is 18.4 Å². The lowest BCUT2D eigenvalue weighted by atomic mass is 9.91. The van der Waals surface area contributed by atoms with Crippen LogP contribution in [0.5, 0.6) is 5.75 Å². The van der Waals surface area contributed by atoms with Crippen molar-refractivity contribution in [3.8, 4) is 5.75 Å². The van der Waals surface area contributed by atoms with Gasteiger partial charge < -0.3 is 24.8 Å². The summed E-state index contributed by atoms with van der Waals surface area (Å²) >= 11 is 0. The number of fused-ring (bicyclic) bond motifs is 1. The molecule has 0 spiro atoms. The monoisotopic (exact) mass is 510 g/mol. The van der Waals surface area contributed by atoms with Gasteiger partial charge in [-0.3, -0.25) is 9.59 Å². The van der Waals surface area contributed by atoms with Gasteiger partial charge in [0.15, 0.2) is 5.82 Å². The molecule has 3 heterocycles. The highest BCUT2D eigenvalue weighted by Crippen LogP contribution is 2.40. The fraction of sp³-hybridized carbons (Fsp3) is 0.556. The van der Waals surface area contributed by atoms with Crippen LogP contribution < -0.4 is 19.9 Å². The van der Waals surface area contributed by atoms with Crippen molar-refractivity contribution in [2.24, 2.45) is 5.41 Å². The molecule has 9 nitrogen and oxygen atoms in total. The largest absolute Gasteiger partial charge is 0.495 e. The van der Waals surface area contributed by atoms with Gasteiger partial charge >= 0.3 is 0 Å². The van der Waals surface area contributed by atoms with Crippen LogP contribution in [-0.2, 0) is 4.79 Å². The molecule has 1 aliphatic carbocycles. The molecule has 2 aliphatic heterocycles. The number of methoxy groups -OCH3 is 1. The normalized spacial score (nSPS) is 21.7. The molecule has 1 aromatic carbocycles. The number of benzene rings is 1. The maximum atomic E-state index is 13.6. The summed E-state index contributed by atoms with van der Waals surface area (Å²) in [6, 6.07) is 5.42. The van der Waals surface area contributed by atoms with Gasteiger partial charge in [0.25, 0.3) is 5.91 Å². The Kier molecular flexibility index (Phi) is 6.68. The Morgan fingerprint density at radius 1 is 1.22 bits per heavy atom. The van der Waals surface area contributed by atoms with Crippen molar-refractivity contribution in [3.05, 3.63) is 30.0 Å². The number of aromatic nitrogens is 2. The lowest BCUT2D eigenvalue weighted by Crippen LogP contribution is -2.45. The van der Waals surface area contributed by atoms with Gasteiger partial charge in [-0.25, -0.2) is 9.37 Å². The lowest BCUT2D eigenvalue weighted by Gasteiger charge is -2.34. The molecule has 5 rings (SSSR count). The Labute approximate surface area is 217 Å². The smallest absolute Gasteiger partial charge is 0.254 e. The number of halogens is 1. The van der Waals surface area contributed by atoms with Crippen molar-refractivity contribution in [1.29, 1.82) is 0 Å². The zero-order valence-electron chi connectivity index (χ0n) is 22.0. The zero-order valence-corrected chi connectivity index (χ0v) is 22.0. The first-order chi connectivity index (χ1) is 17.7. The molecule has 3 aliphatic rings. The number of nitrogens with zero attached hydrogens (tertiary/aromatic N) is 5. The third-order valence-corrected chi connectivity index (χ3v) is 7.71. The first-order valence-corrected chi connectivity index (χ1v) is 13.0. The molecule has 0 radical (unpaired) electrons. The van der Waals surface area contributed by atoms with Crippen LogP contribution in [0, 0.1) is 5.41 Å². The van der Waals surface area contributed by atoms with Crippen molar-refractivity contribution in [3.63, 3.8) is 0 Å². The van der Waals surface area contributed by atoms with E-state index in [1.165, 1.54) is 24.9 Å². The molecule has 1 N–H and O–H groups in total. The average Bonchev–Trinajstić information content (AvgIpc) is 3.57. The SMILES string of the molecule is COc1cc(C(=O)N2CC[C@H](F)C2)ccc1Nc1ncc2c(n1)N(C1CCCC1)CC(C)(C)C(=O)N2C. The van der Waals surface area contributed by atoms with Gasteiger partial charge in [-0.2, -0.15) is 4.98 Å². The molecule has 2 amide bonds. The number of hydrogen-bond acceptors (Lipinski definition) is 7. The van der Waals surface area contributed by atoms with Crippen LogP contribution in [0.15, 0.2) is 24.4 Å². The number of carbonyl (C=O) groups excluding carboxylic acids is 2. The maximum Gasteiger partial charge on any atom is 0.254 e. The minimum atomic E-state index is -0.971. The van der Waals surface area contributed by atoms with Crippen LogP contribution in [-0.4, -0.2) is 72.7 Å². The standard InChI is InChI=1S/C27H35FN6O3/c1-27(2)16-34(19-7-5-6-8-19)23-21(32(3)25(27)36)14-29-26(31-23)30-20-10-9-17(13-22(20)37-4)24(35)33-12-11-18(28)15-33/h9-10,13-14,18-19H,5-8,11-12,15-16H2,1-4H3,(H,29,30,31)/t18-/m0/s1. The second-order valence-corrected chi connectivity index (χ2v) is 10.9. The van der Waals surface area contributed by atoms with E-state index in [0.717, 1.165) is 18.7 Å². The third kappa shape index (κ3) is 4.81. The van der Waals surface area contributed by atoms with E-state index in [9.17, 15) is 14.0 Å². The topological polar surface area (TPSA) is 90.9 Å². The molecule has 1 atom stereocenters. The second-order valence-electron chi connectivity index (χ2n) is 10.9. The Morgan fingerprint density at radius 3 is 2.65 bits per heavy atom. The number of anilines is 4. The Morgan fingerprint density at radius 2 is 1.97 bits per heavy atom. The van der Waals surface area contributed by atoms with Gasteiger partial charge in [0.2, 0.25) is 11.9 Å². The number of hydrogen-bond donors (Lipinski definition) is 1. The van der Waals surface area contributed by atoms with Crippen molar-refractivity contribution in [2.75, 3.05) is 48.9 Å². The van der Waals surface area contributed by atoms with Crippen LogP contribution in [0.3, 0.4) is 0 Å². The number of ether oxygens (including phenoxy) is 1. The molecule has 2 aromatic rings. The van der Waals surface area contributed by atoms with E-state index < -0.39 is 11.6 Å². The molecule has 0 unspecified atom stereocenters. The van der Waals surface area contributed by atoms with E-state index >= 15 is 0 Å². The number of carbonyl (C=O) groups is 2. The minimum absolute atomic E-state index is 0.0394. The third-order valence-electron chi connectivity index (χ3n) is 7.71. The number of nitrogens with one attached hydrogen (secondary N) is 1. The highest BCUT2D eigenvalue weighted by atomic mass is 19.1. The predicted octanol–water partition coefficient (Wildman–Crippen LogP) is 4.16. The summed E-state index contributed by atoms with van der Waals surface area (Å²) in [7, 11) is 3.31. The van der Waals surface area contributed by atoms with Crippen LogP contribution in [0.25, 0.3) is 0 Å². The van der Waals surface area contributed by atoms with E-state index in [2.05, 4.69) is 15.2 Å². The van der Waals surface area contributed by atoms with Crippen molar-refractivity contribution in [1.82, 2.24) is 14.9 Å². The van der Waals surface area contributed by atoms with E-state index in [0.29, 0.717) is 54.2 Å². The molecular formula is C27H35FN6O3. The molecule has 37 heavy (non-hydrogen) atoms. The fourth-order valence-electron chi connectivity index (χ4n) is 5.66. The van der Waals surface area contributed by atoms with Gasteiger partial charge in [-0.15, -0.1) is 0 Å². The Hall–Kier alpha value is -3.43. The minimum Gasteiger partial charge on any atom is -0.495 e. The summed E-state index contributed by atoms with van der Waals surface area (Å²) in [5.74, 6) is 1.40. The molecular weight excluding hydrogens is 475 g/mol. The first kappa shape index (κ1) is 25.2. The number of amides is 2. The van der Waals surface area contributed by atoms with Gasteiger partial charge in [0, 0.05) is 31.7 Å². The maximum absolute atomic E-state index is 13.6. The van der Waals surface area contributed by atoms with Gasteiger partial charge in [-0.1, -0.05) is 12.8 Å². The number of rotatable bonds is 5. The van der Waals surface area contributed by atoms with Gasteiger partial charge in [-0.05, 0) is 51.3 Å². The van der Waals surface area contributed by atoms with Crippen molar-refractivity contribution >= 4 is 35.0 Å². The van der Waals surface area contributed by atoms with Crippen LogP contribution in [0.2, 0.25) is 0 Å². The molecule has 10 heteroatoms. The van der Waals surface area contributed by atoms with Crippen molar-refractivity contribution in [2.45, 2.75) is 58.2 Å². The average molecular weight is 511 g/mol. The molecule has 2 fully saturated rings.